The minimum Gasteiger partial charge on any atom is -0.363 e. The third kappa shape index (κ3) is 2.82. The van der Waals surface area contributed by atoms with Gasteiger partial charge in [-0.05, 0) is 25.0 Å². The average Bonchev–Trinajstić information content (AvgIpc) is 2.70. The van der Waals surface area contributed by atoms with Crippen LogP contribution in [-0.4, -0.2) is 30.4 Å². The van der Waals surface area contributed by atoms with Crippen molar-refractivity contribution in [3.63, 3.8) is 0 Å². The maximum Gasteiger partial charge on any atom is 0.347 e. The predicted molar refractivity (Wildman–Crippen MR) is 74.5 cm³/mol. The quantitative estimate of drug-likeness (QED) is 0.847. The van der Waals surface area contributed by atoms with Crippen molar-refractivity contribution in [2.24, 2.45) is 4.99 Å². The number of urea groups is 1. The number of benzene rings is 1. The van der Waals surface area contributed by atoms with Gasteiger partial charge in [0.05, 0.1) is 10.7 Å². The van der Waals surface area contributed by atoms with Gasteiger partial charge in [-0.15, -0.1) is 0 Å². The number of amides is 2. The van der Waals surface area contributed by atoms with E-state index >= 15 is 0 Å². The van der Waals surface area contributed by atoms with Crippen LogP contribution in [0.5, 0.6) is 0 Å². The second kappa shape index (κ2) is 5.40. The van der Waals surface area contributed by atoms with Gasteiger partial charge < -0.3 is 10.2 Å². The highest BCUT2D eigenvalue weighted by Gasteiger charge is 2.16. The van der Waals surface area contributed by atoms with E-state index in [2.05, 4.69) is 10.3 Å². The molecule has 1 aromatic rings. The lowest BCUT2D eigenvalue weighted by Crippen LogP contribution is -2.21. The second-order valence-corrected chi connectivity index (χ2v) is 4.82. The molecule has 1 heterocycles. The Labute approximate surface area is 112 Å². The summed E-state index contributed by atoms with van der Waals surface area (Å²) in [4.78, 5) is 17.9. The zero-order valence-corrected chi connectivity index (χ0v) is 11.3. The van der Waals surface area contributed by atoms with Crippen LogP contribution in [0.25, 0.3) is 0 Å². The molecule has 0 unspecified atom stereocenters. The molecule has 0 radical (unpaired) electrons. The number of hydrogen-bond acceptors (Lipinski definition) is 1. The Morgan fingerprint density at radius 2 is 2.28 bits per heavy atom. The summed E-state index contributed by atoms with van der Waals surface area (Å²) in [6.45, 7) is 2.85. The third-order valence-electron chi connectivity index (χ3n) is 3.02. The molecule has 1 N–H and O–H groups in total. The highest BCUT2D eigenvalue weighted by molar-refractivity contribution is 6.34. The van der Waals surface area contributed by atoms with Crippen LogP contribution in [0.2, 0.25) is 5.02 Å². The van der Waals surface area contributed by atoms with E-state index in [0.717, 1.165) is 30.8 Å². The molecule has 0 aliphatic carbocycles. The fourth-order valence-electron chi connectivity index (χ4n) is 1.98. The number of anilines is 1. The Morgan fingerprint density at radius 1 is 1.50 bits per heavy atom. The van der Waals surface area contributed by atoms with Crippen molar-refractivity contribution in [1.82, 2.24) is 4.90 Å². The Hall–Kier alpha value is -1.55. The smallest absolute Gasteiger partial charge is 0.347 e. The SMILES string of the molecule is Cc1cccc(Cl)c1NC(=O)/N=C1/CCCN1C. The number of aryl methyl sites for hydroxylation is 1. The van der Waals surface area contributed by atoms with Crippen LogP contribution in [0.15, 0.2) is 23.2 Å². The third-order valence-corrected chi connectivity index (χ3v) is 3.33. The first-order valence-corrected chi connectivity index (χ1v) is 6.30. The van der Waals surface area contributed by atoms with E-state index in [1.807, 2.05) is 31.0 Å². The number of nitrogens with one attached hydrogen (secondary N) is 1. The fraction of sp³-hybridized carbons (Fsp3) is 0.385. The van der Waals surface area contributed by atoms with Gasteiger partial charge in [-0.25, -0.2) is 4.79 Å². The number of aliphatic imine (C=N–C) groups is 1. The first-order chi connectivity index (χ1) is 8.58. The van der Waals surface area contributed by atoms with Gasteiger partial charge in [0.25, 0.3) is 0 Å². The number of halogens is 1. The molecule has 0 aromatic heterocycles. The van der Waals surface area contributed by atoms with Crippen molar-refractivity contribution < 1.29 is 4.79 Å². The van der Waals surface area contributed by atoms with Crippen LogP contribution in [0, 0.1) is 6.92 Å². The number of amidine groups is 1. The molecule has 1 aliphatic heterocycles. The van der Waals surface area contributed by atoms with Crippen molar-refractivity contribution >= 4 is 29.2 Å². The van der Waals surface area contributed by atoms with E-state index in [1.165, 1.54) is 0 Å². The fourth-order valence-corrected chi connectivity index (χ4v) is 2.25. The highest BCUT2D eigenvalue weighted by atomic mass is 35.5. The first kappa shape index (κ1) is 12.9. The molecular formula is C13H16ClN3O. The van der Waals surface area contributed by atoms with Crippen molar-refractivity contribution in [3.8, 4) is 0 Å². The Bertz CT molecular complexity index is 479. The lowest BCUT2D eigenvalue weighted by molar-refractivity contribution is 0.259. The molecule has 1 aliphatic rings. The Kier molecular flexibility index (Phi) is 3.87. The van der Waals surface area contributed by atoms with Crippen LogP contribution >= 0.6 is 11.6 Å². The predicted octanol–water partition coefficient (Wildman–Crippen LogP) is 3.30. The van der Waals surface area contributed by atoms with E-state index in [-0.39, 0.29) is 6.03 Å². The highest BCUT2D eigenvalue weighted by Crippen LogP contribution is 2.25. The molecule has 0 atom stereocenters. The molecule has 0 saturated carbocycles. The zero-order chi connectivity index (χ0) is 13.1. The van der Waals surface area contributed by atoms with Crippen LogP contribution in [0.3, 0.4) is 0 Å². The van der Waals surface area contributed by atoms with Crippen LogP contribution in [-0.2, 0) is 0 Å². The summed E-state index contributed by atoms with van der Waals surface area (Å²) in [5.41, 5.74) is 1.56. The largest absolute Gasteiger partial charge is 0.363 e. The summed E-state index contributed by atoms with van der Waals surface area (Å²) in [5.74, 6) is 0.831. The Balaban J connectivity index is 2.12. The summed E-state index contributed by atoms with van der Waals surface area (Å²) in [5, 5.41) is 3.27. The minimum absolute atomic E-state index is 0.366. The monoisotopic (exact) mass is 265 g/mol. The summed E-state index contributed by atoms with van der Waals surface area (Å²) < 4.78 is 0. The number of carbonyl (C=O) groups is 1. The van der Waals surface area contributed by atoms with Crippen molar-refractivity contribution in [2.45, 2.75) is 19.8 Å². The molecule has 5 heteroatoms. The van der Waals surface area contributed by atoms with Crippen LogP contribution in [0.4, 0.5) is 10.5 Å². The maximum atomic E-state index is 11.8. The maximum absolute atomic E-state index is 11.8. The normalized spacial score (nSPS) is 17.3. The number of hydrogen-bond donors (Lipinski definition) is 1. The van der Waals surface area contributed by atoms with Gasteiger partial charge in [-0.2, -0.15) is 4.99 Å². The Morgan fingerprint density at radius 3 is 2.89 bits per heavy atom. The molecular weight excluding hydrogens is 250 g/mol. The van der Waals surface area contributed by atoms with E-state index in [9.17, 15) is 4.79 Å². The number of carbonyl (C=O) groups excluding carboxylic acids is 1. The van der Waals surface area contributed by atoms with Gasteiger partial charge in [-0.1, -0.05) is 23.7 Å². The van der Waals surface area contributed by atoms with Gasteiger partial charge >= 0.3 is 6.03 Å². The molecule has 1 fully saturated rings. The zero-order valence-electron chi connectivity index (χ0n) is 10.5. The molecule has 1 saturated heterocycles. The second-order valence-electron chi connectivity index (χ2n) is 4.42. The lowest BCUT2D eigenvalue weighted by atomic mass is 10.2. The van der Waals surface area contributed by atoms with E-state index in [4.69, 9.17) is 11.6 Å². The molecule has 2 rings (SSSR count). The number of rotatable bonds is 1. The molecule has 18 heavy (non-hydrogen) atoms. The summed E-state index contributed by atoms with van der Waals surface area (Å²) in [6.07, 6.45) is 1.90. The van der Waals surface area contributed by atoms with Crippen molar-refractivity contribution in [3.05, 3.63) is 28.8 Å². The molecule has 4 nitrogen and oxygen atoms in total. The topological polar surface area (TPSA) is 44.7 Å². The van der Waals surface area contributed by atoms with Gasteiger partial charge in [0, 0.05) is 20.0 Å². The van der Waals surface area contributed by atoms with Crippen LogP contribution in [0.1, 0.15) is 18.4 Å². The molecule has 0 spiro atoms. The van der Waals surface area contributed by atoms with Crippen molar-refractivity contribution in [1.29, 1.82) is 0 Å². The summed E-state index contributed by atoms with van der Waals surface area (Å²) in [6, 6.07) is 5.13. The number of nitrogens with zero attached hydrogens (tertiary/aromatic N) is 2. The van der Waals surface area contributed by atoms with E-state index in [1.54, 1.807) is 6.07 Å². The first-order valence-electron chi connectivity index (χ1n) is 5.92. The average molecular weight is 266 g/mol. The summed E-state index contributed by atoms with van der Waals surface area (Å²) in [7, 11) is 1.94. The van der Waals surface area contributed by atoms with Gasteiger partial charge in [-0.3, -0.25) is 0 Å². The minimum atomic E-state index is -0.366. The molecule has 2 amide bonds. The van der Waals surface area contributed by atoms with Crippen molar-refractivity contribution in [2.75, 3.05) is 18.9 Å². The molecule has 96 valence electrons. The molecule has 0 bridgehead atoms. The van der Waals surface area contributed by atoms with Crippen LogP contribution < -0.4 is 5.32 Å². The molecule has 1 aromatic carbocycles. The van der Waals surface area contributed by atoms with Gasteiger partial charge in [0.2, 0.25) is 0 Å². The van der Waals surface area contributed by atoms with Gasteiger partial charge in [0.1, 0.15) is 5.84 Å². The van der Waals surface area contributed by atoms with E-state index < -0.39 is 0 Å². The van der Waals surface area contributed by atoms with E-state index in [0.29, 0.717) is 10.7 Å². The number of likely N-dealkylation sites (tertiary alicyclic amines) is 1. The lowest BCUT2D eigenvalue weighted by Gasteiger charge is -2.12. The summed E-state index contributed by atoms with van der Waals surface area (Å²) >= 11 is 6.05. The standard InChI is InChI=1S/C13H16ClN3O/c1-9-5-3-6-10(14)12(9)16-13(18)15-11-7-4-8-17(11)2/h3,5-6H,4,7-8H2,1-2H3,(H,16,18)/b15-11-. The number of para-hydroxylation sites is 1. The van der Waals surface area contributed by atoms with Gasteiger partial charge in [0.15, 0.2) is 0 Å².